The van der Waals surface area contributed by atoms with Crippen LogP contribution in [-0.2, 0) is 21.9 Å². The van der Waals surface area contributed by atoms with Crippen LogP contribution in [-0.4, -0.2) is 51.6 Å². The molecule has 2 aromatic rings. The number of aliphatic hydroxyl groups is 3. The second-order valence-corrected chi connectivity index (χ2v) is 11.9. The molecule has 4 rings (SSSR count). The summed E-state index contributed by atoms with van der Waals surface area (Å²) in [6, 6.07) is 5.33. The highest BCUT2D eigenvalue weighted by Crippen LogP contribution is 2.48. The predicted molar refractivity (Wildman–Crippen MR) is 155 cm³/mol. The summed E-state index contributed by atoms with van der Waals surface area (Å²) in [5.74, 6) is -6.07. The Morgan fingerprint density at radius 3 is 2.18 bits per heavy atom. The van der Waals surface area contributed by atoms with E-state index in [4.69, 9.17) is 0 Å². The molecule has 4 atom stereocenters. The number of allylic oxidation sites excluding steroid dienone is 1. The first-order chi connectivity index (χ1) is 21.0. The number of nitrogens with zero attached hydrogens (tertiary/aromatic N) is 1. The lowest BCUT2D eigenvalue weighted by atomic mass is 9.68. The average Bonchev–Trinajstić information content (AvgIpc) is 3.23. The molecule has 0 spiro atoms. The van der Waals surface area contributed by atoms with Gasteiger partial charge in [-0.2, -0.15) is 26.3 Å². The van der Waals surface area contributed by atoms with Crippen LogP contribution in [0.15, 0.2) is 57.6 Å². The lowest BCUT2D eigenvalue weighted by Gasteiger charge is -2.36. The van der Waals surface area contributed by atoms with E-state index in [2.05, 4.69) is 15.9 Å². The largest absolute Gasteiger partial charge is 0.507 e. The third kappa shape index (κ3) is 7.13. The van der Waals surface area contributed by atoms with E-state index in [9.17, 15) is 56.4 Å². The molecule has 0 bridgehead atoms. The Labute approximate surface area is 262 Å². The van der Waals surface area contributed by atoms with E-state index in [1.54, 1.807) is 18.2 Å². The van der Waals surface area contributed by atoms with Gasteiger partial charge in [-0.15, -0.1) is 0 Å². The molecule has 14 heteroatoms. The Morgan fingerprint density at radius 1 is 1.02 bits per heavy atom. The molecule has 4 N–H and O–H groups in total. The maximum absolute atomic E-state index is 13.6. The van der Waals surface area contributed by atoms with Crippen molar-refractivity contribution in [2.45, 2.75) is 51.1 Å². The van der Waals surface area contributed by atoms with Gasteiger partial charge in [0, 0.05) is 16.0 Å². The molecule has 7 nitrogen and oxygen atoms in total. The summed E-state index contributed by atoms with van der Waals surface area (Å²) in [6.07, 6.45) is -9.42. The van der Waals surface area contributed by atoms with E-state index in [0.717, 1.165) is 10.0 Å². The van der Waals surface area contributed by atoms with Crippen molar-refractivity contribution in [1.29, 1.82) is 0 Å². The van der Waals surface area contributed by atoms with Crippen molar-refractivity contribution in [1.82, 2.24) is 0 Å². The second kappa shape index (κ2) is 13.3. The maximum Gasteiger partial charge on any atom is 0.416 e. The van der Waals surface area contributed by atoms with Gasteiger partial charge in [-0.3, -0.25) is 9.59 Å². The van der Waals surface area contributed by atoms with Gasteiger partial charge in [0.2, 0.25) is 11.8 Å². The summed E-state index contributed by atoms with van der Waals surface area (Å²) >= 11 is 3.34. The number of carbonyl (C=O) groups is 2. The van der Waals surface area contributed by atoms with E-state index < -0.39 is 78.1 Å². The van der Waals surface area contributed by atoms with Crippen LogP contribution in [0.5, 0.6) is 5.75 Å². The Bertz CT molecular complexity index is 1500. The molecule has 0 unspecified atom stereocenters. The topological polar surface area (TPSA) is 118 Å². The summed E-state index contributed by atoms with van der Waals surface area (Å²) < 4.78 is 81.8. The van der Waals surface area contributed by atoms with Crippen molar-refractivity contribution < 1.29 is 56.4 Å². The number of benzene rings is 2. The van der Waals surface area contributed by atoms with Crippen LogP contribution in [0.2, 0.25) is 0 Å². The van der Waals surface area contributed by atoms with Crippen molar-refractivity contribution in [3.8, 4) is 5.75 Å². The number of aromatic hydroxyl groups is 1. The van der Waals surface area contributed by atoms with Crippen LogP contribution < -0.4 is 4.90 Å². The number of alkyl halides is 6. The highest BCUT2D eigenvalue weighted by Gasteiger charge is 2.55. The molecule has 2 amide bonds. The van der Waals surface area contributed by atoms with Crippen LogP contribution in [0.4, 0.5) is 32.0 Å². The number of rotatable bonds is 9. The van der Waals surface area contributed by atoms with Gasteiger partial charge in [0.05, 0.1) is 48.0 Å². The molecule has 1 fully saturated rings. The smallest absolute Gasteiger partial charge is 0.416 e. The van der Waals surface area contributed by atoms with E-state index in [-0.39, 0.29) is 52.8 Å². The van der Waals surface area contributed by atoms with Gasteiger partial charge < -0.3 is 20.4 Å². The fourth-order valence-corrected chi connectivity index (χ4v) is 6.50. The molecule has 45 heavy (non-hydrogen) atoms. The maximum atomic E-state index is 13.6. The summed E-state index contributed by atoms with van der Waals surface area (Å²) in [4.78, 5) is 27.3. The van der Waals surface area contributed by atoms with Crippen LogP contribution in [0.25, 0.3) is 6.08 Å². The molecular weight excluding hydrogens is 676 g/mol. The third-order valence-corrected chi connectivity index (χ3v) is 8.80. The Kier molecular flexibility index (Phi) is 10.2. The molecule has 2 aliphatic rings. The van der Waals surface area contributed by atoms with E-state index in [1.165, 1.54) is 6.07 Å². The van der Waals surface area contributed by atoms with Crippen LogP contribution in [0.3, 0.4) is 0 Å². The molecule has 0 radical (unpaired) electrons. The van der Waals surface area contributed by atoms with Crippen molar-refractivity contribution in [3.63, 3.8) is 0 Å². The molecule has 2 aromatic carbocycles. The predicted octanol–water partition coefficient (Wildman–Crippen LogP) is 6.23. The molecule has 0 aromatic heterocycles. The van der Waals surface area contributed by atoms with Crippen LogP contribution in [0.1, 0.15) is 49.3 Å². The molecule has 1 heterocycles. The number of phenols is 1. The fraction of sp³-hybridized carbons (Fsp3) is 0.419. The summed E-state index contributed by atoms with van der Waals surface area (Å²) in [5.41, 5.74) is -2.73. The minimum atomic E-state index is -5.22. The number of hydrogen-bond donors (Lipinski definition) is 4. The van der Waals surface area contributed by atoms with E-state index in [1.807, 2.05) is 6.92 Å². The summed E-state index contributed by atoms with van der Waals surface area (Å²) in [7, 11) is 0. The van der Waals surface area contributed by atoms with E-state index in [0.29, 0.717) is 18.4 Å². The first kappa shape index (κ1) is 34.7. The van der Waals surface area contributed by atoms with Crippen molar-refractivity contribution in [2.75, 3.05) is 18.1 Å². The van der Waals surface area contributed by atoms with E-state index >= 15 is 0 Å². The third-order valence-electron chi connectivity index (χ3n) is 8.30. The Hall–Kier alpha value is -3.20. The molecule has 1 aliphatic carbocycles. The molecular formula is C31H30BrF6NO6. The SMILES string of the molecule is CC/C(=C\c1cc(Br)ccc1O)CC[C@@H](O)C1=C(CO)C[C@H]2C(=O)N(c3cc(C(F)(F)F)cc(C(F)(F)F)c3)C(=O)[C@H]2[C@H]1CO. The molecule has 1 aliphatic heterocycles. The van der Waals surface area contributed by atoms with Crippen molar-refractivity contribution >= 4 is 39.5 Å². The fourth-order valence-electron chi connectivity index (χ4n) is 6.12. The monoisotopic (exact) mass is 705 g/mol. The number of fused-ring (bicyclic) bond motifs is 1. The van der Waals surface area contributed by atoms with Crippen LogP contribution >= 0.6 is 15.9 Å². The number of imide groups is 1. The van der Waals surface area contributed by atoms with Crippen molar-refractivity contribution in [3.05, 3.63) is 74.3 Å². The average molecular weight is 706 g/mol. The van der Waals surface area contributed by atoms with Gasteiger partial charge in [-0.05, 0) is 73.2 Å². The summed E-state index contributed by atoms with van der Waals surface area (Å²) in [6.45, 7) is 0.406. The number of amides is 2. The quantitative estimate of drug-likeness (QED) is 0.140. The van der Waals surface area contributed by atoms with Gasteiger partial charge in [0.25, 0.3) is 0 Å². The zero-order chi connectivity index (χ0) is 33.4. The number of hydrogen-bond acceptors (Lipinski definition) is 6. The summed E-state index contributed by atoms with van der Waals surface area (Å²) in [5, 5.41) is 42.0. The van der Waals surface area contributed by atoms with Gasteiger partial charge in [0.1, 0.15) is 5.75 Å². The Balaban J connectivity index is 1.66. The highest BCUT2D eigenvalue weighted by atomic mass is 79.9. The first-order valence-electron chi connectivity index (χ1n) is 14.0. The number of anilines is 1. The van der Waals surface area contributed by atoms with Gasteiger partial charge >= 0.3 is 12.4 Å². The lowest BCUT2D eigenvalue weighted by Crippen LogP contribution is -2.39. The number of halogens is 7. The van der Waals surface area contributed by atoms with Crippen LogP contribution in [0, 0.1) is 17.8 Å². The van der Waals surface area contributed by atoms with Gasteiger partial charge in [-0.25, -0.2) is 4.90 Å². The molecule has 244 valence electrons. The first-order valence-corrected chi connectivity index (χ1v) is 14.8. The number of carbonyl (C=O) groups excluding carboxylic acids is 2. The zero-order valence-corrected chi connectivity index (χ0v) is 25.4. The van der Waals surface area contributed by atoms with Crippen molar-refractivity contribution in [2.24, 2.45) is 17.8 Å². The minimum Gasteiger partial charge on any atom is -0.507 e. The Morgan fingerprint density at radius 2 is 1.64 bits per heavy atom. The number of aliphatic hydroxyl groups excluding tert-OH is 3. The highest BCUT2D eigenvalue weighted by molar-refractivity contribution is 9.10. The standard InChI is InChI=1S/C31H30BrF6NO6/c1-2-15(7-16-8-20(32)4-6-24(16)42)3-5-25(43)26-17(13-40)9-22-27(23(26)14-41)29(45)39(28(22)44)21-11-18(30(33,34)35)10-19(12-21)31(36,37)38/h4,6-8,10-12,22-23,25,27,40-43H,2-3,5,9,13-14H2,1H3/b15-7+/t22-,23+,25-,27-/m1/s1. The minimum absolute atomic E-state index is 0.0331. The van der Waals surface area contributed by atoms with Gasteiger partial charge in [-0.1, -0.05) is 34.5 Å². The van der Waals surface area contributed by atoms with Gasteiger partial charge in [0.15, 0.2) is 0 Å². The molecule has 0 saturated carbocycles. The zero-order valence-electron chi connectivity index (χ0n) is 23.8. The second-order valence-electron chi connectivity index (χ2n) is 11.0. The normalized spacial score (nSPS) is 21.9. The molecule has 1 saturated heterocycles. The number of phenolic OH excluding ortho intramolecular Hbond substituents is 1. The lowest BCUT2D eigenvalue weighted by molar-refractivity contribution is -0.143.